The molecule has 4 nitrogen and oxygen atoms in total. The van der Waals surface area contributed by atoms with Gasteiger partial charge in [-0.2, -0.15) is 0 Å². The van der Waals surface area contributed by atoms with Crippen molar-refractivity contribution in [2.45, 2.75) is 0 Å². The van der Waals surface area contributed by atoms with Crippen LogP contribution in [0.3, 0.4) is 0 Å². The van der Waals surface area contributed by atoms with Gasteiger partial charge in [-0.05, 0) is 96.1 Å². The largest absolute Gasteiger partial charge is 0.456 e. The lowest BCUT2D eigenvalue weighted by molar-refractivity contribution is 0.668. The molecule has 0 saturated carbocycles. The number of anilines is 6. The number of fused-ring (bicyclic) bond motifs is 6. The average molecular weight is 669 g/mol. The summed E-state index contributed by atoms with van der Waals surface area (Å²) in [5, 5.41) is 4.31. The maximum Gasteiger partial charge on any atom is 0.137 e. The van der Waals surface area contributed by atoms with Crippen molar-refractivity contribution in [2.75, 3.05) is 9.80 Å². The third kappa shape index (κ3) is 5.09. The van der Waals surface area contributed by atoms with Crippen LogP contribution in [0.5, 0.6) is 0 Å². The molecule has 2 heterocycles. The molecule has 0 saturated heterocycles. The minimum absolute atomic E-state index is 0.833. The van der Waals surface area contributed by atoms with E-state index in [1.54, 1.807) is 0 Å². The van der Waals surface area contributed by atoms with E-state index < -0.39 is 0 Å². The first-order chi connectivity index (χ1) is 25.8. The SMILES string of the molecule is c1ccc(-c2ccc(N(c3ccc4c(c3)oc3ccccc34)c3ccc4oc5cccc(N(c6ccccc6)c6ccccc6)c5c4c3)cc2)cc1. The fourth-order valence-corrected chi connectivity index (χ4v) is 7.44. The van der Waals surface area contributed by atoms with E-state index >= 15 is 0 Å². The second-order valence-corrected chi connectivity index (χ2v) is 13.0. The molecular weight excluding hydrogens is 637 g/mol. The summed E-state index contributed by atoms with van der Waals surface area (Å²) in [6.07, 6.45) is 0. The normalized spacial score (nSPS) is 11.5. The average Bonchev–Trinajstić information content (AvgIpc) is 3.78. The molecule has 0 spiro atoms. The highest BCUT2D eigenvalue weighted by atomic mass is 16.3. The van der Waals surface area contributed by atoms with Crippen LogP contribution in [0, 0.1) is 0 Å². The van der Waals surface area contributed by atoms with E-state index in [0.717, 1.165) is 78.0 Å². The summed E-state index contributed by atoms with van der Waals surface area (Å²) in [7, 11) is 0. The van der Waals surface area contributed by atoms with Crippen LogP contribution >= 0.6 is 0 Å². The molecule has 0 aliphatic carbocycles. The third-order valence-electron chi connectivity index (χ3n) is 9.84. The molecule has 52 heavy (non-hydrogen) atoms. The molecule has 0 bridgehead atoms. The van der Waals surface area contributed by atoms with Gasteiger partial charge in [-0.25, -0.2) is 0 Å². The van der Waals surface area contributed by atoms with Crippen LogP contribution in [0.1, 0.15) is 0 Å². The Morgan fingerprint density at radius 2 is 0.808 bits per heavy atom. The van der Waals surface area contributed by atoms with Crippen LogP contribution in [0.4, 0.5) is 34.1 Å². The van der Waals surface area contributed by atoms with E-state index in [1.165, 1.54) is 11.1 Å². The molecule has 0 aliphatic rings. The Bertz CT molecular complexity index is 2800. The summed E-state index contributed by atoms with van der Waals surface area (Å²) in [4.78, 5) is 4.61. The number of furan rings is 2. The molecule has 2 aromatic heterocycles. The first-order valence-electron chi connectivity index (χ1n) is 17.5. The maximum absolute atomic E-state index is 6.56. The van der Waals surface area contributed by atoms with Crippen molar-refractivity contribution in [3.8, 4) is 11.1 Å². The van der Waals surface area contributed by atoms with Crippen LogP contribution in [-0.4, -0.2) is 0 Å². The molecule has 0 atom stereocenters. The zero-order chi connectivity index (χ0) is 34.4. The van der Waals surface area contributed by atoms with E-state index in [0.29, 0.717) is 0 Å². The van der Waals surface area contributed by atoms with E-state index in [4.69, 9.17) is 8.83 Å². The van der Waals surface area contributed by atoms with Gasteiger partial charge >= 0.3 is 0 Å². The molecule has 246 valence electrons. The van der Waals surface area contributed by atoms with Gasteiger partial charge in [0.05, 0.1) is 11.1 Å². The van der Waals surface area contributed by atoms with Gasteiger partial charge < -0.3 is 18.6 Å². The molecule has 0 aliphatic heterocycles. The summed E-state index contributed by atoms with van der Waals surface area (Å²) >= 11 is 0. The topological polar surface area (TPSA) is 32.8 Å². The highest BCUT2D eigenvalue weighted by molar-refractivity contribution is 6.14. The summed E-state index contributed by atoms with van der Waals surface area (Å²) < 4.78 is 12.9. The molecule has 0 fully saturated rings. The van der Waals surface area contributed by atoms with E-state index in [1.807, 2.05) is 18.2 Å². The fraction of sp³-hybridized carbons (Fsp3) is 0. The van der Waals surface area contributed by atoms with Gasteiger partial charge in [0.2, 0.25) is 0 Å². The highest BCUT2D eigenvalue weighted by Gasteiger charge is 2.21. The summed E-state index contributed by atoms with van der Waals surface area (Å²) in [6.45, 7) is 0. The summed E-state index contributed by atoms with van der Waals surface area (Å²) in [6, 6.07) is 67.8. The van der Waals surface area contributed by atoms with Crippen molar-refractivity contribution >= 4 is 78.0 Å². The van der Waals surface area contributed by atoms with Crippen molar-refractivity contribution in [1.29, 1.82) is 0 Å². The van der Waals surface area contributed by atoms with Gasteiger partial charge in [0, 0.05) is 50.7 Å². The molecule has 10 rings (SSSR count). The second-order valence-electron chi connectivity index (χ2n) is 13.0. The van der Waals surface area contributed by atoms with Crippen molar-refractivity contribution in [1.82, 2.24) is 0 Å². The number of hydrogen-bond acceptors (Lipinski definition) is 4. The summed E-state index contributed by atoms with van der Waals surface area (Å²) in [5.74, 6) is 0. The van der Waals surface area contributed by atoms with Crippen molar-refractivity contribution in [2.24, 2.45) is 0 Å². The minimum atomic E-state index is 0.833. The smallest absolute Gasteiger partial charge is 0.137 e. The zero-order valence-electron chi connectivity index (χ0n) is 28.2. The molecule has 4 heteroatoms. The van der Waals surface area contributed by atoms with Crippen LogP contribution in [-0.2, 0) is 0 Å². The highest BCUT2D eigenvalue weighted by Crippen LogP contribution is 2.45. The third-order valence-corrected chi connectivity index (χ3v) is 9.84. The number of para-hydroxylation sites is 3. The standard InChI is InChI=1S/C48H32N2O2/c1-4-13-33(14-5-1)34-23-25-37(26-24-34)49(39-27-29-41-40-19-10-11-21-44(40)52-47(41)32-39)38-28-30-45-42(31-38)48-43(20-12-22-46(48)51-45)50(35-15-6-2-7-16-35)36-17-8-3-9-18-36/h1-32H. The second kappa shape index (κ2) is 12.4. The number of benzene rings is 8. The van der Waals surface area contributed by atoms with Crippen molar-refractivity contribution in [3.05, 3.63) is 194 Å². The number of nitrogens with zero attached hydrogens (tertiary/aromatic N) is 2. The Kier molecular flexibility index (Phi) is 7.10. The zero-order valence-corrected chi connectivity index (χ0v) is 28.2. The summed E-state index contributed by atoms with van der Waals surface area (Å²) in [5.41, 5.74) is 12.0. The molecule has 10 aromatic rings. The monoisotopic (exact) mass is 668 g/mol. The minimum Gasteiger partial charge on any atom is -0.456 e. The van der Waals surface area contributed by atoms with Gasteiger partial charge in [-0.1, -0.05) is 103 Å². The Morgan fingerprint density at radius 1 is 0.288 bits per heavy atom. The van der Waals surface area contributed by atoms with Crippen LogP contribution in [0.2, 0.25) is 0 Å². The Hall–Kier alpha value is -7.04. The van der Waals surface area contributed by atoms with Gasteiger partial charge in [0.15, 0.2) is 0 Å². The first kappa shape index (κ1) is 29.8. The maximum atomic E-state index is 6.56. The molecular formula is C48H32N2O2. The van der Waals surface area contributed by atoms with Crippen LogP contribution in [0.15, 0.2) is 203 Å². The van der Waals surface area contributed by atoms with Gasteiger partial charge in [0.25, 0.3) is 0 Å². The molecule has 8 aromatic carbocycles. The lowest BCUT2D eigenvalue weighted by atomic mass is 10.0. The predicted octanol–water partition coefficient (Wildman–Crippen LogP) is 14.1. The Balaban J connectivity index is 1.18. The Morgan fingerprint density at radius 3 is 1.56 bits per heavy atom. The van der Waals surface area contributed by atoms with Crippen molar-refractivity contribution in [3.63, 3.8) is 0 Å². The van der Waals surface area contributed by atoms with E-state index in [2.05, 4.69) is 186 Å². The van der Waals surface area contributed by atoms with E-state index in [9.17, 15) is 0 Å². The molecule has 0 amide bonds. The van der Waals surface area contributed by atoms with Crippen LogP contribution < -0.4 is 9.80 Å². The lowest BCUT2D eigenvalue weighted by Gasteiger charge is -2.27. The van der Waals surface area contributed by atoms with Gasteiger partial charge in [-0.3, -0.25) is 0 Å². The molecule has 0 radical (unpaired) electrons. The molecule has 0 N–H and O–H groups in total. The molecule has 0 unspecified atom stereocenters. The first-order valence-corrected chi connectivity index (χ1v) is 17.5. The lowest BCUT2D eigenvalue weighted by Crippen LogP contribution is -2.10. The van der Waals surface area contributed by atoms with E-state index in [-0.39, 0.29) is 0 Å². The van der Waals surface area contributed by atoms with Crippen molar-refractivity contribution < 1.29 is 8.83 Å². The van der Waals surface area contributed by atoms with Gasteiger partial charge in [0.1, 0.15) is 22.3 Å². The van der Waals surface area contributed by atoms with Crippen LogP contribution in [0.25, 0.3) is 55.0 Å². The quantitative estimate of drug-likeness (QED) is 0.169. The predicted molar refractivity (Wildman–Crippen MR) is 216 cm³/mol. The fourth-order valence-electron chi connectivity index (χ4n) is 7.44. The number of hydrogen-bond donors (Lipinski definition) is 0. The van der Waals surface area contributed by atoms with Gasteiger partial charge in [-0.15, -0.1) is 0 Å². The number of rotatable bonds is 7. The Labute approximate surface area is 301 Å².